The van der Waals surface area contributed by atoms with Crippen molar-refractivity contribution < 1.29 is 9.90 Å². The van der Waals surface area contributed by atoms with Crippen molar-refractivity contribution >= 4 is 28.7 Å². The van der Waals surface area contributed by atoms with Crippen molar-refractivity contribution in [2.75, 3.05) is 19.7 Å². The Bertz CT molecular complexity index is 390. The number of hydrogen-bond acceptors (Lipinski definition) is 4. The second-order valence-corrected chi connectivity index (χ2v) is 6.02. The number of hydrogen-bond donors (Lipinski definition) is 1. The van der Waals surface area contributed by atoms with Crippen molar-refractivity contribution in [1.82, 2.24) is 4.90 Å². The molecule has 94 valence electrons. The van der Waals surface area contributed by atoms with E-state index in [-0.39, 0.29) is 12.4 Å². The van der Waals surface area contributed by atoms with Crippen LogP contribution in [-0.4, -0.2) is 41.5 Å². The zero-order valence-electron chi connectivity index (χ0n) is 9.56. The van der Waals surface area contributed by atoms with E-state index in [0.29, 0.717) is 28.3 Å². The van der Waals surface area contributed by atoms with E-state index in [1.165, 1.54) is 17.8 Å². The summed E-state index contributed by atoms with van der Waals surface area (Å²) in [5, 5.41) is 9.02. The second-order valence-electron chi connectivity index (χ2n) is 4.31. The number of halogens is 1. The fourth-order valence-corrected chi connectivity index (χ4v) is 2.97. The molecule has 0 aromatic carbocycles. The standard InChI is InChI=1S/C12H16ClNO2S/c13-12-5-4-11(17-12)10(16)8-14(6-7-15)9-2-1-3-9/h4-5,9,15H,1-3,6-8H2. The third-order valence-electron chi connectivity index (χ3n) is 3.17. The molecular weight excluding hydrogens is 258 g/mol. The van der Waals surface area contributed by atoms with Gasteiger partial charge in [-0.15, -0.1) is 11.3 Å². The van der Waals surface area contributed by atoms with E-state index in [9.17, 15) is 4.79 Å². The van der Waals surface area contributed by atoms with Crippen LogP contribution in [0, 0.1) is 0 Å². The molecule has 0 saturated heterocycles. The number of ketones is 1. The van der Waals surface area contributed by atoms with Crippen LogP contribution < -0.4 is 0 Å². The van der Waals surface area contributed by atoms with Crippen LogP contribution in [0.4, 0.5) is 0 Å². The molecule has 0 radical (unpaired) electrons. The van der Waals surface area contributed by atoms with Gasteiger partial charge < -0.3 is 5.11 Å². The lowest BCUT2D eigenvalue weighted by atomic mass is 9.91. The summed E-state index contributed by atoms with van der Waals surface area (Å²) < 4.78 is 0.644. The normalized spacial score (nSPS) is 16.2. The van der Waals surface area contributed by atoms with E-state index in [0.717, 1.165) is 12.8 Å². The predicted molar refractivity (Wildman–Crippen MR) is 70.0 cm³/mol. The molecule has 5 heteroatoms. The van der Waals surface area contributed by atoms with E-state index in [4.69, 9.17) is 16.7 Å². The summed E-state index contributed by atoms with van der Waals surface area (Å²) in [6.45, 7) is 1.08. The first-order chi connectivity index (χ1) is 8.20. The van der Waals surface area contributed by atoms with Crippen LogP contribution in [0.2, 0.25) is 4.34 Å². The van der Waals surface area contributed by atoms with Crippen molar-refractivity contribution in [2.45, 2.75) is 25.3 Å². The average molecular weight is 274 g/mol. The van der Waals surface area contributed by atoms with Gasteiger partial charge in [0.05, 0.1) is 22.4 Å². The maximum Gasteiger partial charge on any atom is 0.186 e. The molecule has 2 rings (SSSR count). The largest absolute Gasteiger partial charge is 0.395 e. The summed E-state index contributed by atoms with van der Waals surface area (Å²) >= 11 is 7.14. The molecule has 1 aromatic heterocycles. The zero-order chi connectivity index (χ0) is 12.3. The lowest BCUT2D eigenvalue weighted by molar-refractivity contribution is 0.0750. The molecule has 0 unspecified atom stereocenters. The second kappa shape index (κ2) is 5.96. The number of thiophene rings is 1. The Morgan fingerprint density at radius 3 is 2.76 bits per heavy atom. The van der Waals surface area contributed by atoms with Gasteiger partial charge in [-0.2, -0.15) is 0 Å². The molecule has 0 spiro atoms. The lowest BCUT2D eigenvalue weighted by Gasteiger charge is -2.36. The minimum Gasteiger partial charge on any atom is -0.395 e. The molecule has 0 aliphatic heterocycles. The summed E-state index contributed by atoms with van der Waals surface area (Å²) in [4.78, 5) is 14.8. The molecular formula is C12H16ClNO2S. The first-order valence-electron chi connectivity index (χ1n) is 5.84. The van der Waals surface area contributed by atoms with Crippen LogP contribution in [0.5, 0.6) is 0 Å². The van der Waals surface area contributed by atoms with Gasteiger partial charge in [0.2, 0.25) is 0 Å². The molecule has 1 aliphatic rings. The van der Waals surface area contributed by atoms with Crippen LogP contribution in [0.1, 0.15) is 28.9 Å². The van der Waals surface area contributed by atoms with Gasteiger partial charge in [-0.3, -0.25) is 9.69 Å². The molecule has 1 aromatic rings. The van der Waals surface area contributed by atoms with Gasteiger partial charge >= 0.3 is 0 Å². The number of Topliss-reactive ketones (excluding diaryl/α,β-unsaturated/α-hetero) is 1. The minimum atomic E-state index is 0.0993. The van der Waals surface area contributed by atoms with Gasteiger partial charge in [-0.1, -0.05) is 18.0 Å². The van der Waals surface area contributed by atoms with Crippen LogP contribution >= 0.6 is 22.9 Å². The van der Waals surface area contributed by atoms with Gasteiger partial charge in [-0.25, -0.2) is 0 Å². The minimum absolute atomic E-state index is 0.0993. The topological polar surface area (TPSA) is 40.5 Å². The van der Waals surface area contributed by atoms with Crippen molar-refractivity contribution in [3.05, 3.63) is 21.3 Å². The fraction of sp³-hybridized carbons (Fsp3) is 0.583. The highest BCUT2D eigenvalue weighted by Gasteiger charge is 2.26. The quantitative estimate of drug-likeness (QED) is 0.810. The Kier molecular flexibility index (Phi) is 4.56. The van der Waals surface area contributed by atoms with Crippen molar-refractivity contribution in [2.24, 2.45) is 0 Å². The molecule has 1 N–H and O–H groups in total. The molecule has 1 saturated carbocycles. The van der Waals surface area contributed by atoms with Crippen molar-refractivity contribution in [1.29, 1.82) is 0 Å². The number of aliphatic hydroxyl groups is 1. The maximum absolute atomic E-state index is 12.0. The van der Waals surface area contributed by atoms with Crippen molar-refractivity contribution in [3.8, 4) is 0 Å². The summed E-state index contributed by atoms with van der Waals surface area (Å²) in [7, 11) is 0. The van der Waals surface area contributed by atoms with Crippen LogP contribution in [0.25, 0.3) is 0 Å². The number of rotatable bonds is 6. The summed E-state index contributed by atoms with van der Waals surface area (Å²) in [6, 6.07) is 3.99. The van der Waals surface area contributed by atoms with E-state index in [1.54, 1.807) is 12.1 Å². The molecule has 1 fully saturated rings. The summed E-state index contributed by atoms with van der Waals surface area (Å²) in [5.74, 6) is 0.0993. The Hall–Kier alpha value is -0.420. The van der Waals surface area contributed by atoms with Crippen molar-refractivity contribution in [3.63, 3.8) is 0 Å². The molecule has 0 amide bonds. The van der Waals surface area contributed by atoms with E-state index in [2.05, 4.69) is 4.90 Å². The highest BCUT2D eigenvalue weighted by molar-refractivity contribution is 7.18. The number of carbonyl (C=O) groups is 1. The van der Waals surface area contributed by atoms with Gasteiger partial charge in [-0.05, 0) is 25.0 Å². The van der Waals surface area contributed by atoms with E-state index in [1.807, 2.05) is 0 Å². The lowest BCUT2D eigenvalue weighted by Crippen LogP contribution is -2.44. The molecule has 0 atom stereocenters. The SMILES string of the molecule is O=C(CN(CCO)C1CCC1)c1ccc(Cl)s1. The Morgan fingerprint density at radius 2 is 2.29 bits per heavy atom. The molecule has 1 aliphatic carbocycles. The van der Waals surface area contributed by atoms with Crippen LogP contribution in [0.15, 0.2) is 12.1 Å². The molecule has 1 heterocycles. The average Bonchev–Trinajstić information content (AvgIpc) is 2.62. The number of carbonyl (C=O) groups excluding carboxylic acids is 1. The molecule has 17 heavy (non-hydrogen) atoms. The van der Waals surface area contributed by atoms with Gasteiger partial charge in [0, 0.05) is 12.6 Å². The smallest absolute Gasteiger partial charge is 0.186 e. The van der Waals surface area contributed by atoms with E-state index >= 15 is 0 Å². The third kappa shape index (κ3) is 3.28. The van der Waals surface area contributed by atoms with Gasteiger partial charge in [0.25, 0.3) is 0 Å². The monoisotopic (exact) mass is 273 g/mol. The van der Waals surface area contributed by atoms with Gasteiger partial charge in [0.15, 0.2) is 5.78 Å². The molecule has 3 nitrogen and oxygen atoms in total. The van der Waals surface area contributed by atoms with Crippen LogP contribution in [0.3, 0.4) is 0 Å². The van der Waals surface area contributed by atoms with Gasteiger partial charge in [0.1, 0.15) is 0 Å². The summed E-state index contributed by atoms with van der Waals surface area (Å²) in [6.07, 6.45) is 3.50. The molecule has 0 bridgehead atoms. The first-order valence-corrected chi connectivity index (χ1v) is 7.03. The predicted octanol–water partition coefficient (Wildman–Crippen LogP) is 2.43. The first kappa shape index (κ1) is 13.0. The fourth-order valence-electron chi connectivity index (χ4n) is 2.00. The zero-order valence-corrected chi connectivity index (χ0v) is 11.1. The third-order valence-corrected chi connectivity index (χ3v) is 4.45. The highest BCUT2D eigenvalue weighted by Crippen LogP contribution is 2.26. The highest BCUT2D eigenvalue weighted by atomic mass is 35.5. The number of aliphatic hydroxyl groups excluding tert-OH is 1. The Balaban J connectivity index is 1.94. The van der Waals surface area contributed by atoms with E-state index < -0.39 is 0 Å². The summed E-state index contributed by atoms with van der Waals surface area (Å²) in [5.41, 5.74) is 0. The Labute approximate surface area is 110 Å². The maximum atomic E-state index is 12.0. The number of nitrogens with zero attached hydrogens (tertiary/aromatic N) is 1. The van der Waals surface area contributed by atoms with Crippen LogP contribution in [-0.2, 0) is 0 Å². The Morgan fingerprint density at radius 1 is 1.53 bits per heavy atom.